The van der Waals surface area contributed by atoms with E-state index < -0.39 is 5.60 Å². The fourth-order valence-corrected chi connectivity index (χ4v) is 4.83. The normalized spacial score (nSPS) is 17.9. The average Bonchev–Trinajstić information content (AvgIpc) is 3.11. The molecular formula is C27H21NO4. The zero-order valence-electron chi connectivity index (χ0n) is 18.0. The molecule has 32 heavy (non-hydrogen) atoms. The van der Waals surface area contributed by atoms with Crippen LogP contribution in [0.5, 0.6) is 17.2 Å². The van der Waals surface area contributed by atoms with E-state index in [1.165, 1.54) is 0 Å². The number of carbonyl (C=O) groups is 1. The molecule has 0 saturated carbocycles. The second kappa shape index (κ2) is 6.50. The highest BCUT2D eigenvalue weighted by Crippen LogP contribution is 2.57. The molecule has 6 rings (SSSR count). The number of anilines is 1. The van der Waals surface area contributed by atoms with Crippen LogP contribution in [0, 0.1) is 0 Å². The van der Waals surface area contributed by atoms with E-state index in [4.69, 9.17) is 14.2 Å². The molecule has 0 radical (unpaired) electrons. The quantitative estimate of drug-likeness (QED) is 0.400. The zero-order valence-corrected chi connectivity index (χ0v) is 18.0. The molecule has 0 bridgehead atoms. The molecule has 1 unspecified atom stereocenters. The molecule has 4 aromatic rings. The Kier molecular flexibility index (Phi) is 3.81. The van der Waals surface area contributed by atoms with E-state index in [1.807, 2.05) is 91.8 Å². The van der Waals surface area contributed by atoms with Gasteiger partial charge in [-0.05, 0) is 47.9 Å². The molecule has 5 nitrogen and oxygen atoms in total. The number of fused-ring (bicyclic) bond motifs is 8. The second-order valence-corrected chi connectivity index (χ2v) is 8.32. The van der Waals surface area contributed by atoms with E-state index in [9.17, 15) is 4.79 Å². The Labute approximate surface area is 185 Å². The molecule has 1 atom stereocenters. The fraction of sp³-hybridized carbons (Fsp3) is 0.148. The predicted octanol–water partition coefficient (Wildman–Crippen LogP) is 5.48. The minimum atomic E-state index is -1.06. The number of benzene rings is 4. The number of hydrogen-bond acceptors (Lipinski definition) is 5. The zero-order chi connectivity index (χ0) is 22.0. The molecule has 0 N–H and O–H groups in total. The van der Waals surface area contributed by atoms with E-state index in [0.717, 1.165) is 38.9 Å². The van der Waals surface area contributed by atoms with E-state index in [1.54, 1.807) is 7.11 Å². The molecular weight excluding hydrogens is 402 g/mol. The van der Waals surface area contributed by atoms with Crippen LogP contribution in [0.3, 0.4) is 0 Å². The van der Waals surface area contributed by atoms with E-state index in [2.05, 4.69) is 0 Å². The Morgan fingerprint density at radius 1 is 0.875 bits per heavy atom. The highest BCUT2D eigenvalue weighted by Gasteiger charge is 2.53. The van der Waals surface area contributed by atoms with Crippen molar-refractivity contribution in [2.45, 2.75) is 5.60 Å². The lowest BCUT2D eigenvalue weighted by atomic mass is 9.77. The summed E-state index contributed by atoms with van der Waals surface area (Å²) in [6.07, 6.45) is 0. The lowest BCUT2D eigenvalue weighted by molar-refractivity contribution is 0.0225. The van der Waals surface area contributed by atoms with Crippen LogP contribution < -0.4 is 14.4 Å². The first kappa shape index (κ1) is 18.8. The Hall–Kier alpha value is -3.99. The third kappa shape index (κ3) is 2.36. The standard InChI is InChI=1S/C27H21NO4/c1-28(2)17-9-13-22-24(15-17)31-25-19-11-10-18(30-3)14-16(19)8-12-23(25)27(22)21-7-5-4-6-20(21)26(29)32-27/h4-15H,1-3H3. The van der Waals surface area contributed by atoms with Crippen LogP contribution in [-0.2, 0) is 10.3 Å². The first-order chi connectivity index (χ1) is 15.5. The van der Waals surface area contributed by atoms with Gasteiger partial charge in [0.05, 0.1) is 12.7 Å². The first-order valence-electron chi connectivity index (χ1n) is 10.5. The summed E-state index contributed by atoms with van der Waals surface area (Å²) in [6.45, 7) is 0. The highest BCUT2D eigenvalue weighted by molar-refractivity contribution is 5.99. The van der Waals surface area contributed by atoms with Gasteiger partial charge >= 0.3 is 5.97 Å². The number of hydrogen-bond donors (Lipinski definition) is 0. The number of esters is 1. The number of methoxy groups -OCH3 is 1. The van der Waals surface area contributed by atoms with Crippen molar-refractivity contribution in [2.24, 2.45) is 0 Å². The van der Waals surface area contributed by atoms with E-state index in [0.29, 0.717) is 17.1 Å². The van der Waals surface area contributed by atoms with Gasteiger partial charge in [-0.1, -0.05) is 24.3 Å². The van der Waals surface area contributed by atoms with Gasteiger partial charge in [0.1, 0.15) is 17.2 Å². The smallest absolute Gasteiger partial charge is 0.340 e. The molecule has 0 saturated heterocycles. The van der Waals surface area contributed by atoms with Gasteiger partial charge in [0.25, 0.3) is 0 Å². The maximum absolute atomic E-state index is 13.0. The summed E-state index contributed by atoms with van der Waals surface area (Å²) >= 11 is 0. The molecule has 2 aliphatic rings. The van der Waals surface area contributed by atoms with E-state index in [-0.39, 0.29) is 5.97 Å². The number of rotatable bonds is 2. The molecule has 2 aliphatic heterocycles. The predicted molar refractivity (Wildman–Crippen MR) is 123 cm³/mol. The molecule has 0 fully saturated rings. The number of ether oxygens (including phenoxy) is 3. The number of carbonyl (C=O) groups excluding carboxylic acids is 1. The van der Waals surface area contributed by atoms with Gasteiger partial charge in [-0.15, -0.1) is 0 Å². The van der Waals surface area contributed by atoms with Gasteiger partial charge in [0.15, 0.2) is 5.60 Å². The van der Waals surface area contributed by atoms with Gasteiger partial charge in [-0.3, -0.25) is 0 Å². The molecule has 158 valence electrons. The van der Waals surface area contributed by atoms with Crippen molar-refractivity contribution < 1.29 is 19.0 Å². The highest BCUT2D eigenvalue weighted by atomic mass is 16.6. The van der Waals surface area contributed by atoms with Gasteiger partial charge in [0, 0.05) is 47.9 Å². The first-order valence-corrected chi connectivity index (χ1v) is 10.5. The minimum absolute atomic E-state index is 0.328. The minimum Gasteiger partial charge on any atom is -0.497 e. The van der Waals surface area contributed by atoms with Crippen LogP contribution in [0.2, 0.25) is 0 Å². The third-order valence-electron chi connectivity index (χ3n) is 6.40. The van der Waals surface area contributed by atoms with Gasteiger partial charge in [-0.25, -0.2) is 4.79 Å². The summed E-state index contributed by atoms with van der Waals surface area (Å²) in [6, 6.07) is 23.5. The lowest BCUT2D eigenvalue weighted by Gasteiger charge is -2.37. The number of nitrogens with zero attached hydrogens (tertiary/aromatic N) is 1. The lowest BCUT2D eigenvalue weighted by Crippen LogP contribution is -2.33. The Morgan fingerprint density at radius 3 is 2.50 bits per heavy atom. The maximum atomic E-state index is 13.0. The van der Waals surface area contributed by atoms with Crippen LogP contribution in [-0.4, -0.2) is 27.2 Å². The molecule has 1 spiro atoms. The second-order valence-electron chi connectivity index (χ2n) is 8.32. The maximum Gasteiger partial charge on any atom is 0.340 e. The van der Waals surface area contributed by atoms with Crippen LogP contribution in [0.1, 0.15) is 27.0 Å². The van der Waals surface area contributed by atoms with Crippen molar-refractivity contribution in [3.63, 3.8) is 0 Å². The van der Waals surface area contributed by atoms with Crippen molar-refractivity contribution in [3.05, 3.63) is 95.1 Å². The summed E-state index contributed by atoms with van der Waals surface area (Å²) in [5, 5.41) is 1.92. The topological polar surface area (TPSA) is 48.0 Å². The molecule has 0 amide bonds. The van der Waals surface area contributed by atoms with Crippen molar-refractivity contribution in [1.82, 2.24) is 0 Å². The molecule has 0 aromatic heterocycles. The fourth-order valence-electron chi connectivity index (χ4n) is 4.83. The van der Waals surface area contributed by atoms with Crippen LogP contribution in [0.15, 0.2) is 72.8 Å². The summed E-state index contributed by atoms with van der Waals surface area (Å²) in [5.41, 5.74) is 3.00. The summed E-state index contributed by atoms with van der Waals surface area (Å²) < 4.78 is 18.2. The molecule has 0 aliphatic carbocycles. The monoisotopic (exact) mass is 423 g/mol. The Balaban J connectivity index is 1.71. The van der Waals surface area contributed by atoms with Crippen molar-refractivity contribution in [3.8, 4) is 17.2 Å². The van der Waals surface area contributed by atoms with Gasteiger partial charge in [0.2, 0.25) is 0 Å². The van der Waals surface area contributed by atoms with Crippen LogP contribution >= 0.6 is 0 Å². The summed E-state index contributed by atoms with van der Waals surface area (Å²) in [7, 11) is 5.63. The molecule has 2 heterocycles. The van der Waals surface area contributed by atoms with Crippen molar-refractivity contribution in [1.29, 1.82) is 0 Å². The molecule has 4 aromatic carbocycles. The summed E-state index contributed by atoms with van der Waals surface area (Å²) in [5.74, 6) is 1.82. The largest absolute Gasteiger partial charge is 0.497 e. The SMILES string of the molecule is COc1ccc2c3c(ccc2c1)C1(OC(=O)c2ccccc21)c1ccc(N(C)C)cc1O3. The van der Waals surface area contributed by atoms with Gasteiger partial charge in [-0.2, -0.15) is 0 Å². The average molecular weight is 423 g/mol. The van der Waals surface area contributed by atoms with E-state index >= 15 is 0 Å². The van der Waals surface area contributed by atoms with Crippen molar-refractivity contribution >= 4 is 22.4 Å². The van der Waals surface area contributed by atoms with Gasteiger partial charge < -0.3 is 19.1 Å². The van der Waals surface area contributed by atoms with Crippen molar-refractivity contribution in [2.75, 3.05) is 26.1 Å². The Morgan fingerprint density at radius 2 is 1.69 bits per heavy atom. The molecule has 5 heteroatoms. The Bertz CT molecular complexity index is 1420. The van der Waals surface area contributed by atoms with Crippen LogP contribution in [0.25, 0.3) is 10.8 Å². The summed E-state index contributed by atoms with van der Waals surface area (Å²) in [4.78, 5) is 15.0. The van der Waals surface area contributed by atoms with Crippen LogP contribution in [0.4, 0.5) is 5.69 Å². The third-order valence-corrected chi connectivity index (χ3v) is 6.40.